The summed E-state index contributed by atoms with van der Waals surface area (Å²) in [6.07, 6.45) is 0. The molecule has 0 aliphatic carbocycles. The monoisotopic (exact) mass is 274 g/mol. The normalized spacial score (nSPS) is 15.1. The number of likely N-dealkylation sites (N-methyl/N-ethyl adjacent to an activating group) is 1. The van der Waals surface area contributed by atoms with Crippen LogP contribution >= 0.6 is 0 Å². The second-order valence-corrected chi connectivity index (χ2v) is 5.19. The van der Waals surface area contributed by atoms with Crippen LogP contribution in [0.3, 0.4) is 0 Å². The molecule has 1 aromatic rings. The van der Waals surface area contributed by atoms with Crippen molar-refractivity contribution in [1.29, 1.82) is 0 Å². The van der Waals surface area contributed by atoms with Crippen LogP contribution in [0.1, 0.15) is 32.4 Å². The molecule has 1 rings (SSSR count). The number of benzene rings is 1. The van der Waals surface area contributed by atoms with Gasteiger partial charge in [-0.25, -0.2) is 13.2 Å². The molecule has 0 heterocycles. The smallest absolute Gasteiger partial charge is 0.161 e. The molecular formula is C14H21F3N2. The maximum atomic E-state index is 13.8. The summed E-state index contributed by atoms with van der Waals surface area (Å²) in [7, 11) is 1.81. The van der Waals surface area contributed by atoms with Crippen molar-refractivity contribution in [3.8, 4) is 0 Å². The summed E-state index contributed by atoms with van der Waals surface area (Å²) in [5, 5.41) is 0. The maximum absolute atomic E-state index is 13.8. The van der Waals surface area contributed by atoms with E-state index < -0.39 is 23.5 Å². The summed E-state index contributed by atoms with van der Waals surface area (Å²) >= 11 is 0. The highest BCUT2D eigenvalue weighted by Gasteiger charge is 2.25. The van der Waals surface area contributed by atoms with Crippen LogP contribution in [0.2, 0.25) is 0 Å². The Labute approximate surface area is 112 Å². The number of nitrogens with zero attached hydrogens (tertiary/aromatic N) is 1. The SMILES string of the molecule is CC(C)C(C)N(C)C(CN)c1cc(F)c(F)cc1F. The standard InChI is InChI=1S/C14H21F3N2/c1-8(2)9(3)19(4)14(7-18)10-5-12(16)13(17)6-11(10)15/h5-6,8-9,14H,7,18H2,1-4H3. The van der Waals surface area contributed by atoms with E-state index in [0.717, 1.165) is 6.07 Å². The molecule has 0 fully saturated rings. The number of halogens is 3. The van der Waals surface area contributed by atoms with E-state index >= 15 is 0 Å². The van der Waals surface area contributed by atoms with Crippen molar-refractivity contribution in [3.63, 3.8) is 0 Å². The van der Waals surface area contributed by atoms with Crippen LogP contribution in [0.15, 0.2) is 12.1 Å². The Hall–Kier alpha value is -1.07. The first kappa shape index (κ1) is 16.0. The Bertz CT molecular complexity index is 435. The second-order valence-electron chi connectivity index (χ2n) is 5.19. The van der Waals surface area contributed by atoms with Gasteiger partial charge in [-0.1, -0.05) is 13.8 Å². The topological polar surface area (TPSA) is 29.3 Å². The molecule has 0 radical (unpaired) electrons. The van der Waals surface area contributed by atoms with Crippen LogP contribution in [0.25, 0.3) is 0 Å². The van der Waals surface area contributed by atoms with Crippen LogP contribution in [-0.2, 0) is 0 Å². The lowest BCUT2D eigenvalue weighted by Crippen LogP contribution is -2.40. The first-order valence-electron chi connectivity index (χ1n) is 6.36. The van der Waals surface area contributed by atoms with Gasteiger partial charge in [0.15, 0.2) is 11.6 Å². The summed E-state index contributed by atoms with van der Waals surface area (Å²) in [5.74, 6) is -2.67. The summed E-state index contributed by atoms with van der Waals surface area (Å²) in [6, 6.07) is 1.13. The Morgan fingerprint density at radius 2 is 1.58 bits per heavy atom. The molecule has 2 unspecified atom stereocenters. The van der Waals surface area contributed by atoms with Crippen LogP contribution < -0.4 is 5.73 Å². The Morgan fingerprint density at radius 1 is 1.05 bits per heavy atom. The van der Waals surface area contributed by atoms with E-state index in [9.17, 15) is 13.2 Å². The molecule has 2 N–H and O–H groups in total. The van der Waals surface area contributed by atoms with Gasteiger partial charge >= 0.3 is 0 Å². The van der Waals surface area contributed by atoms with E-state index in [1.54, 1.807) is 0 Å². The van der Waals surface area contributed by atoms with E-state index in [2.05, 4.69) is 0 Å². The number of nitrogens with two attached hydrogens (primary N) is 1. The van der Waals surface area contributed by atoms with Gasteiger partial charge in [0, 0.05) is 30.3 Å². The van der Waals surface area contributed by atoms with Crippen molar-refractivity contribution < 1.29 is 13.2 Å². The third-order valence-corrected chi connectivity index (χ3v) is 3.72. The van der Waals surface area contributed by atoms with Gasteiger partial charge in [0.2, 0.25) is 0 Å². The third-order valence-electron chi connectivity index (χ3n) is 3.72. The van der Waals surface area contributed by atoms with Gasteiger partial charge in [-0.15, -0.1) is 0 Å². The molecule has 0 amide bonds. The van der Waals surface area contributed by atoms with Crippen LogP contribution in [-0.4, -0.2) is 24.5 Å². The van der Waals surface area contributed by atoms with Gasteiger partial charge in [-0.2, -0.15) is 0 Å². The zero-order valence-electron chi connectivity index (χ0n) is 11.8. The number of hydrogen-bond acceptors (Lipinski definition) is 2. The van der Waals surface area contributed by atoms with E-state index in [-0.39, 0.29) is 18.2 Å². The van der Waals surface area contributed by atoms with E-state index in [0.29, 0.717) is 12.0 Å². The van der Waals surface area contributed by atoms with Crippen LogP contribution in [0, 0.1) is 23.4 Å². The van der Waals surface area contributed by atoms with Crippen molar-refractivity contribution >= 4 is 0 Å². The molecule has 1 aromatic carbocycles. The average Bonchev–Trinajstić information content (AvgIpc) is 2.34. The van der Waals surface area contributed by atoms with E-state index in [1.807, 2.05) is 32.7 Å². The van der Waals surface area contributed by atoms with Gasteiger partial charge in [-0.05, 0) is 26.0 Å². The summed E-state index contributed by atoms with van der Waals surface area (Å²) in [6.45, 7) is 6.20. The molecule has 19 heavy (non-hydrogen) atoms. The molecule has 0 bridgehead atoms. The Balaban J connectivity index is 3.13. The van der Waals surface area contributed by atoms with Crippen LogP contribution in [0.5, 0.6) is 0 Å². The second kappa shape index (κ2) is 6.39. The van der Waals surface area contributed by atoms with Gasteiger partial charge in [-0.3, -0.25) is 4.90 Å². The highest BCUT2D eigenvalue weighted by atomic mass is 19.2. The number of rotatable bonds is 5. The highest BCUT2D eigenvalue weighted by molar-refractivity contribution is 5.24. The molecule has 5 heteroatoms. The number of hydrogen-bond donors (Lipinski definition) is 1. The summed E-state index contributed by atoms with van der Waals surface area (Å²) in [4.78, 5) is 1.89. The molecule has 108 valence electrons. The Kier molecular flexibility index (Phi) is 5.38. The fourth-order valence-corrected chi connectivity index (χ4v) is 2.06. The molecule has 2 atom stereocenters. The molecule has 0 saturated carbocycles. The summed E-state index contributed by atoms with van der Waals surface area (Å²) in [5.41, 5.74) is 5.77. The first-order valence-corrected chi connectivity index (χ1v) is 6.36. The molecule has 0 saturated heterocycles. The minimum absolute atomic E-state index is 0.0939. The minimum Gasteiger partial charge on any atom is -0.329 e. The largest absolute Gasteiger partial charge is 0.329 e. The lowest BCUT2D eigenvalue weighted by Gasteiger charge is -2.35. The first-order chi connectivity index (χ1) is 8.79. The Morgan fingerprint density at radius 3 is 2.05 bits per heavy atom. The molecule has 0 aliphatic rings. The predicted molar refractivity (Wildman–Crippen MR) is 70.2 cm³/mol. The molecule has 0 aromatic heterocycles. The van der Waals surface area contributed by atoms with Crippen molar-refractivity contribution in [3.05, 3.63) is 35.1 Å². The van der Waals surface area contributed by atoms with Crippen LogP contribution in [0.4, 0.5) is 13.2 Å². The fraction of sp³-hybridized carbons (Fsp3) is 0.571. The minimum atomic E-state index is -1.18. The van der Waals surface area contributed by atoms with Gasteiger partial charge in [0.1, 0.15) is 5.82 Å². The molecular weight excluding hydrogens is 253 g/mol. The fourth-order valence-electron chi connectivity index (χ4n) is 2.06. The lowest BCUT2D eigenvalue weighted by atomic mass is 9.99. The van der Waals surface area contributed by atoms with E-state index in [1.165, 1.54) is 0 Å². The highest BCUT2D eigenvalue weighted by Crippen LogP contribution is 2.27. The van der Waals surface area contributed by atoms with Crippen molar-refractivity contribution in [2.45, 2.75) is 32.9 Å². The quantitative estimate of drug-likeness (QED) is 0.836. The molecule has 2 nitrogen and oxygen atoms in total. The zero-order chi connectivity index (χ0) is 14.7. The van der Waals surface area contributed by atoms with E-state index in [4.69, 9.17) is 5.73 Å². The van der Waals surface area contributed by atoms with Gasteiger partial charge < -0.3 is 5.73 Å². The summed E-state index contributed by atoms with van der Waals surface area (Å²) < 4.78 is 40.0. The van der Waals surface area contributed by atoms with Crippen molar-refractivity contribution in [2.24, 2.45) is 11.7 Å². The van der Waals surface area contributed by atoms with Gasteiger partial charge in [0.05, 0.1) is 0 Å². The lowest BCUT2D eigenvalue weighted by molar-refractivity contribution is 0.149. The third kappa shape index (κ3) is 3.48. The zero-order valence-corrected chi connectivity index (χ0v) is 11.8. The maximum Gasteiger partial charge on any atom is 0.161 e. The average molecular weight is 274 g/mol. The van der Waals surface area contributed by atoms with Gasteiger partial charge in [0.25, 0.3) is 0 Å². The molecule has 0 spiro atoms. The molecule has 0 aliphatic heterocycles. The van der Waals surface area contributed by atoms with Crippen molar-refractivity contribution in [1.82, 2.24) is 4.90 Å². The van der Waals surface area contributed by atoms with Crippen molar-refractivity contribution in [2.75, 3.05) is 13.6 Å². The predicted octanol–water partition coefficient (Wildman–Crippen LogP) is 3.08.